The predicted molar refractivity (Wildman–Crippen MR) is 84.3 cm³/mol. The van der Waals surface area contributed by atoms with Gasteiger partial charge in [-0.15, -0.1) is 0 Å². The number of pyridine rings is 1. The maximum atomic E-state index is 5.46. The van der Waals surface area contributed by atoms with E-state index in [1.54, 1.807) is 19.6 Å². The quantitative estimate of drug-likeness (QED) is 0.739. The van der Waals surface area contributed by atoms with E-state index in [1.165, 1.54) is 0 Å². The van der Waals surface area contributed by atoms with Gasteiger partial charge in [-0.05, 0) is 24.3 Å². The number of methoxy groups -OCH3 is 1. The third-order valence-electron chi connectivity index (χ3n) is 3.83. The minimum atomic E-state index is 0.606. The number of ether oxygens (including phenoxy) is 1. The lowest BCUT2D eigenvalue weighted by atomic mass is 9.99. The first-order valence-electron chi connectivity index (χ1n) is 7.06. The highest BCUT2D eigenvalue weighted by atomic mass is 16.5. The van der Waals surface area contributed by atoms with Gasteiger partial charge in [0.05, 0.1) is 37.6 Å². The third-order valence-corrected chi connectivity index (χ3v) is 3.83. The van der Waals surface area contributed by atoms with Gasteiger partial charge in [0.15, 0.2) is 0 Å². The van der Waals surface area contributed by atoms with Gasteiger partial charge in [0, 0.05) is 28.5 Å². The van der Waals surface area contributed by atoms with Crippen LogP contribution < -0.4 is 4.74 Å². The summed E-state index contributed by atoms with van der Waals surface area (Å²) in [6.07, 6.45) is 5.25. The van der Waals surface area contributed by atoms with E-state index in [-0.39, 0.29) is 0 Å². The van der Waals surface area contributed by atoms with Gasteiger partial charge in [-0.2, -0.15) is 0 Å². The highest BCUT2D eigenvalue weighted by Crippen LogP contribution is 2.30. The Morgan fingerprint density at radius 1 is 1.09 bits per heavy atom. The maximum absolute atomic E-state index is 5.46. The van der Waals surface area contributed by atoms with Crippen LogP contribution >= 0.6 is 0 Å². The van der Waals surface area contributed by atoms with Gasteiger partial charge in [0.1, 0.15) is 5.75 Å². The summed E-state index contributed by atoms with van der Waals surface area (Å²) < 4.78 is 10.6. The molecule has 0 aliphatic carbocycles. The molecule has 1 aliphatic rings. The van der Waals surface area contributed by atoms with Crippen LogP contribution in [0.25, 0.3) is 11.1 Å². The zero-order valence-electron chi connectivity index (χ0n) is 12.1. The van der Waals surface area contributed by atoms with Gasteiger partial charge in [-0.25, -0.2) is 0 Å². The molecule has 4 nitrogen and oxygen atoms in total. The number of rotatable bonds is 3. The van der Waals surface area contributed by atoms with Crippen LogP contribution in [-0.4, -0.2) is 17.8 Å². The zero-order chi connectivity index (χ0) is 14.9. The second kappa shape index (κ2) is 5.15. The molecule has 1 aliphatic heterocycles. The van der Waals surface area contributed by atoms with Crippen molar-refractivity contribution in [1.29, 1.82) is 0 Å². The summed E-state index contributed by atoms with van der Waals surface area (Å²) in [5.74, 6) is 0.822. The second-order valence-corrected chi connectivity index (χ2v) is 5.10. The van der Waals surface area contributed by atoms with Crippen molar-refractivity contribution in [2.45, 2.75) is 6.54 Å². The number of benzene rings is 1. The number of furan rings is 1. The Kier molecular flexibility index (Phi) is 3.00. The number of aliphatic imine (C=N–C) groups is 1. The number of para-hydroxylation sites is 1. The van der Waals surface area contributed by atoms with E-state index in [1.807, 2.05) is 36.5 Å². The van der Waals surface area contributed by atoms with Crippen LogP contribution in [0, 0.1) is 0 Å². The van der Waals surface area contributed by atoms with E-state index in [4.69, 9.17) is 9.15 Å². The van der Waals surface area contributed by atoms with Crippen molar-refractivity contribution >= 4 is 5.71 Å². The molecule has 0 spiro atoms. The van der Waals surface area contributed by atoms with E-state index in [0.717, 1.165) is 39.4 Å². The summed E-state index contributed by atoms with van der Waals surface area (Å²) in [5, 5.41) is 0. The lowest BCUT2D eigenvalue weighted by Gasteiger charge is -2.09. The van der Waals surface area contributed by atoms with Crippen molar-refractivity contribution in [3.8, 4) is 16.9 Å². The average Bonchev–Trinajstić information content (AvgIpc) is 3.23. The van der Waals surface area contributed by atoms with Crippen LogP contribution in [0.2, 0.25) is 0 Å². The van der Waals surface area contributed by atoms with Gasteiger partial charge in [-0.3, -0.25) is 9.98 Å². The molecule has 3 heterocycles. The standard InChI is InChI=1S/C18H14N2O2/c1-21-17-5-3-2-4-14(17)18-15-8-13(12-6-7-22-11-12)9-19-16(15)10-20-18/h2-9,11H,10H2,1H3. The molecule has 0 saturated carbocycles. The average molecular weight is 290 g/mol. The van der Waals surface area contributed by atoms with Crippen molar-refractivity contribution in [3.05, 3.63) is 71.9 Å². The molecule has 108 valence electrons. The normalized spacial score (nSPS) is 12.9. The molecule has 2 aromatic heterocycles. The van der Waals surface area contributed by atoms with Crippen LogP contribution in [0.3, 0.4) is 0 Å². The topological polar surface area (TPSA) is 47.6 Å². The molecule has 4 rings (SSSR count). The molecule has 1 aromatic carbocycles. The zero-order valence-corrected chi connectivity index (χ0v) is 12.1. The molecule has 3 aromatic rings. The number of hydrogen-bond donors (Lipinski definition) is 0. The van der Waals surface area contributed by atoms with E-state index in [2.05, 4.69) is 16.0 Å². The van der Waals surface area contributed by atoms with Gasteiger partial charge in [0.25, 0.3) is 0 Å². The largest absolute Gasteiger partial charge is 0.496 e. The van der Waals surface area contributed by atoms with Crippen LogP contribution in [0.4, 0.5) is 0 Å². The summed E-state index contributed by atoms with van der Waals surface area (Å²) in [7, 11) is 1.68. The van der Waals surface area contributed by atoms with Crippen LogP contribution in [0.5, 0.6) is 5.75 Å². The fourth-order valence-electron chi connectivity index (χ4n) is 2.72. The first-order chi connectivity index (χ1) is 10.9. The minimum Gasteiger partial charge on any atom is -0.496 e. The maximum Gasteiger partial charge on any atom is 0.128 e. The second-order valence-electron chi connectivity index (χ2n) is 5.10. The molecule has 0 radical (unpaired) electrons. The summed E-state index contributed by atoms with van der Waals surface area (Å²) >= 11 is 0. The molecule has 0 atom stereocenters. The van der Waals surface area contributed by atoms with Gasteiger partial charge < -0.3 is 9.15 Å². The van der Waals surface area contributed by atoms with Crippen molar-refractivity contribution in [2.75, 3.05) is 7.11 Å². The summed E-state index contributed by atoms with van der Waals surface area (Å²) in [5.41, 5.74) is 6.02. The monoisotopic (exact) mass is 290 g/mol. The SMILES string of the molecule is COc1ccccc1C1=NCc2ncc(-c3ccoc3)cc21. The van der Waals surface area contributed by atoms with Gasteiger partial charge >= 0.3 is 0 Å². The fourth-order valence-corrected chi connectivity index (χ4v) is 2.72. The van der Waals surface area contributed by atoms with Crippen molar-refractivity contribution in [1.82, 2.24) is 4.98 Å². The van der Waals surface area contributed by atoms with Gasteiger partial charge in [-0.1, -0.05) is 12.1 Å². The summed E-state index contributed by atoms with van der Waals surface area (Å²) in [4.78, 5) is 9.21. The van der Waals surface area contributed by atoms with Gasteiger partial charge in [0.2, 0.25) is 0 Å². The lowest BCUT2D eigenvalue weighted by Crippen LogP contribution is -2.04. The van der Waals surface area contributed by atoms with Crippen LogP contribution in [0.1, 0.15) is 16.8 Å². The van der Waals surface area contributed by atoms with Crippen molar-refractivity contribution in [2.24, 2.45) is 4.99 Å². The molecule has 0 fully saturated rings. The smallest absolute Gasteiger partial charge is 0.128 e. The van der Waals surface area contributed by atoms with E-state index in [0.29, 0.717) is 6.54 Å². The Hall–Kier alpha value is -2.88. The number of nitrogens with zero attached hydrogens (tertiary/aromatic N) is 2. The molecule has 0 bridgehead atoms. The Labute approximate surface area is 128 Å². The Morgan fingerprint density at radius 2 is 2.00 bits per heavy atom. The highest BCUT2D eigenvalue weighted by Gasteiger charge is 2.22. The molecule has 0 unspecified atom stereocenters. The molecule has 4 heteroatoms. The third kappa shape index (κ3) is 2.00. The molecule has 0 N–H and O–H groups in total. The molecular weight excluding hydrogens is 276 g/mol. The number of hydrogen-bond acceptors (Lipinski definition) is 4. The Morgan fingerprint density at radius 3 is 2.82 bits per heavy atom. The van der Waals surface area contributed by atoms with E-state index >= 15 is 0 Å². The summed E-state index contributed by atoms with van der Waals surface area (Å²) in [6.45, 7) is 0.606. The molecule has 0 saturated heterocycles. The first kappa shape index (κ1) is 12.8. The van der Waals surface area contributed by atoms with Crippen LogP contribution in [-0.2, 0) is 6.54 Å². The number of fused-ring (bicyclic) bond motifs is 1. The Bertz CT molecular complexity index is 851. The van der Waals surface area contributed by atoms with Crippen LogP contribution in [0.15, 0.2) is 64.5 Å². The van der Waals surface area contributed by atoms with Crippen molar-refractivity contribution < 1.29 is 9.15 Å². The molecular formula is C18H14N2O2. The highest BCUT2D eigenvalue weighted by molar-refractivity contribution is 6.16. The predicted octanol–water partition coefficient (Wildman–Crippen LogP) is 3.70. The molecule has 0 amide bonds. The lowest BCUT2D eigenvalue weighted by molar-refractivity contribution is 0.414. The minimum absolute atomic E-state index is 0.606. The molecule has 22 heavy (non-hydrogen) atoms. The summed E-state index contributed by atoms with van der Waals surface area (Å²) in [6, 6.07) is 12.0. The van der Waals surface area contributed by atoms with Crippen molar-refractivity contribution in [3.63, 3.8) is 0 Å². The fraction of sp³-hybridized carbons (Fsp3) is 0.111. The van der Waals surface area contributed by atoms with E-state index in [9.17, 15) is 0 Å². The number of aromatic nitrogens is 1. The Balaban J connectivity index is 1.83. The van der Waals surface area contributed by atoms with E-state index < -0.39 is 0 Å². The first-order valence-corrected chi connectivity index (χ1v) is 7.06.